The molecule has 1 unspecified atom stereocenters. The van der Waals surface area contributed by atoms with Crippen LogP contribution in [0.3, 0.4) is 0 Å². The molecule has 2 amide bonds. The van der Waals surface area contributed by atoms with E-state index >= 15 is 0 Å². The molecule has 0 saturated carbocycles. The Balaban J connectivity index is 1.78. The van der Waals surface area contributed by atoms with Crippen LogP contribution in [-0.2, 0) is 9.59 Å². The number of unbranched alkanes of at least 4 members (excludes halogenated alkanes) is 11. The van der Waals surface area contributed by atoms with Gasteiger partial charge in [0.15, 0.2) is 0 Å². The van der Waals surface area contributed by atoms with Crippen LogP contribution in [0, 0.1) is 0 Å². The van der Waals surface area contributed by atoms with Gasteiger partial charge in [0, 0.05) is 13.0 Å². The zero-order valence-electron chi connectivity index (χ0n) is 15.0. The van der Waals surface area contributed by atoms with Gasteiger partial charge < -0.3 is 10.6 Å². The molecular weight excluding hydrogens is 288 g/mol. The Morgan fingerprint density at radius 2 is 1.48 bits per heavy atom. The van der Waals surface area contributed by atoms with Gasteiger partial charge in [-0.15, -0.1) is 0 Å². The van der Waals surface area contributed by atoms with E-state index in [-0.39, 0.29) is 17.9 Å². The molecule has 0 spiro atoms. The first kappa shape index (κ1) is 20.0. The summed E-state index contributed by atoms with van der Waals surface area (Å²) in [5, 5.41) is 5.63. The van der Waals surface area contributed by atoms with Gasteiger partial charge in [-0.05, 0) is 12.8 Å². The number of amides is 2. The van der Waals surface area contributed by atoms with E-state index in [4.69, 9.17) is 0 Å². The van der Waals surface area contributed by atoms with E-state index in [0.29, 0.717) is 12.8 Å². The molecule has 1 aliphatic rings. The average molecular weight is 325 g/mol. The Kier molecular flexibility index (Phi) is 11.6. The highest BCUT2D eigenvalue weighted by Crippen LogP contribution is 2.12. The summed E-state index contributed by atoms with van der Waals surface area (Å²) in [6, 6.07) is -0.292. The first-order valence-electron chi connectivity index (χ1n) is 9.81. The van der Waals surface area contributed by atoms with Gasteiger partial charge in [0.25, 0.3) is 0 Å². The highest BCUT2D eigenvalue weighted by Gasteiger charge is 2.26. The summed E-state index contributed by atoms with van der Waals surface area (Å²) >= 11 is 0. The van der Waals surface area contributed by atoms with Crippen molar-refractivity contribution in [3.63, 3.8) is 0 Å². The van der Waals surface area contributed by atoms with Crippen LogP contribution in [0.2, 0.25) is 0 Å². The van der Waals surface area contributed by atoms with Crippen molar-refractivity contribution in [1.82, 2.24) is 10.6 Å². The minimum Gasteiger partial charge on any atom is -0.354 e. The molecule has 1 fully saturated rings. The first-order valence-corrected chi connectivity index (χ1v) is 9.81. The second-order valence-electron chi connectivity index (χ2n) is 6.84. The Hall–Kier alpha value is -1.06. The van der Waals surface area contributed by atoms with E-state index in [2.05, 4.69) is 17.6 Å². The molecule has 0 bridgehead atoms. The van der Waals surface area contributed by atoms with Crippen LogP contribution in [-0.4, -0.2) is 24.4 Å². The third-order valence-corrected chi connectivity index (χ3v) is 4.64. The van der Waals surface area contributed by atoms with E-state index in [1.54, 1.807) is 0 Å². The second kappa shape index (κ2) is 13.4. The van der Waals surface area contributed by atoms with Crippen LogP contribution < -0.4 is 10.6 Å². The highest BCUT2D eigenvalue weighted by molar-refractivity contribution is 5.90. The van der Waals surface area contributed by atoms with Crippen LogP contribution in [0.25, 0.3) is 0 Å². The summed E-state index contributed by atoms with van der Waals surface area (Å²) in [4.78, 5) is 22.8. The molecule has 1 atom stereocenters. The maximum atomic E-state index is 11.8. The Morgan fingerprint density at radius 1 is 0.957 bits per heavy atom. The van der Waals surface area contributed by atoms with Crippen molar-refractivity contribution in [2.75, 3.05) is 6.54 Å². The molecule has 2 N–H and O–H groups in total. The smallest absolute Gasteiger partial charge is 0.242 e. The fourth-order valence-corrected chi connectivity index (χ4v) is 3.11. The molecule has 1 saturated heterocycles. The largest absolute Gasteiger partial charge is 0.354 e. The first-order chi connectivity index (χ1) is 11.2. The lowest BCUT2D eigenvalue weighted by Gasteiger charge is -2.10. The van der Waals surface area contributed by atoms with Crippen molar-refractivity contribution in [2.45, 2.75) is 103 Å². The minimum atomic E-state index is -0.292. The average Bonchev–Trinajstić information content (AvgIpc) is 2.98. The van der Waals surface area contributed by atoms with Crippen LogP contribution in [0.1, 0.15) is 96.8 Å². The monoisotopic (exact) mass is 324 g/mol. The van der Waals surface area contributed by atoms with Gasteiger partial charge in [-0.2, -0.15) is 0 Å². The fraction of sp³-hybridized carbons (Fsp3) is 0.895. The number of hydrogen-bond acceptors (Lipinski definition) is 2. The Labute approximate surface area is 142 Å². The molecular formula is C19H36N2O2. The highest BCUT2D eigenvalue weighted by atomic mass is 16.2. The third kappa shape index (κ3) is 10.4. The van der Waals surface area contributed by atoms with E-state index in [1.807, 2.05) is 0 Å². The van der Waals surface area contributed by atoms with Crippen molar-refractivity contribution in [1.29, 1.82) is 0 Å². The third-order valence-electron chi connectivity index (χ3n) is 4.64. The predicted molar refractivity (Wildman–Crippen MR) is 95.3 cm³/mol. The molecule has 23 heavy (non-hydrogen) atoms. The topological polar surface area (TPSA) is 58.2 Å². The van der Waals surface area contributed by atoms with Crippen LogP contribution >= 0.6 is 0 Å². The number of carbonyl (C=O) groups is 2. The van der Waals surface area contributed by atoms with Crippen molar-refractivity contribution < 1.29 is 9.59 Å². The van der Waals surface area contributed by atoms with Crippen LogP contribution in [0.4, 0.5) is 0 Å². The molecule has 1 aliphatic heterocycles. The van der Waals surface area contributed by atoms with Crippen molar-refractivity contribution in [2.24, 2.45) is 0 Å². The van der Waals surface area contributed by atoms with Gasteiger partial charge in [0.05, 0.1) is 0 Å². The van der Waals surface area contributed by atoms with Crippen molar-refractivity contribution in [3.05, 3.63) is 0 Å². The van der Waals surface area contributed by atoms with E-state index < -0.39 is 0 Å². The number of hydrogen-bond donors (Lipinski definition) is 2. The summed E-state index contributed by atoms with van der Waals surface area (Å²) in [5.74, 6) is -0.0190. The van der Waals surface area contributed by atoms with Gasteiger partial charge >= 0.3 is 0 Å². The summed E-state index contributed by atoms with van der Waals surface area (Å²) in [5.41, 5.74) is 0. The lowest BCUT2D eigenvalue weighted by atomic mass is 10.1. The molecule has 134 valence electrons. The van der Waals surface area contributed by atoms with Gasteiger partial charge in [-0.25, -0.2) is 0 Å². The minimum absolute atomic E-state index is 0.00415. The predicted octanol–water partition coefficient (Wildman–Crippen LogP) is 4.08. The molecule has 0 aromatic heterocycles. The number of rotatable bonds is 14. The van der Waals surface area contributed by atoms with E-state index in [9.17, 15) is 9.59 Å². The Bertz CT molecular complexity index is 331. The molecule has 4 nitrogen and oxygen atoms in total. The second-order valence-corrected chi connectivity index (χ2v) is 6.84. The van der Waals surface area contributed by atoms with Crippen LogP contribution in [0.5, 0.6) is 0 Å². The molecule has 0 aromatic carbocycles. The summed E-state index contributed by atoms with van der Waals surface area (Å²) in [6.07, 6.45) is 17.0. The summed E-state index contributed by atoms with van der Waals surface area (Å²) in [7, 11) is 0. The molecule has 1 rings (SSSR count). The standard InChI is InChI=1S/C19H36N2O2/c1-2-3-4-5-6-7-8-9-10-11-12-13-16-20-19(23)17-14-15-18(22)21-17/h17H,2-16H2,1H3,(H,20,23)(H,21,22). The zero-order chi connectivity index (χ0) is 16.8. The summed E-state index contributed by atoms with van der Waals surface area (Å²) < 4.78 is 0. The van der Waals surface area contributed by atoms with E-state index in [1.165, 1.54) is 70.6 Å². The molecule has 1 heterocycles. The molecule has 0 aliphatic carbocycles. The molecule has 4 heteroatoms. The van der Waals surface area contributed by atoms with Crippen molar-refractivity contribution >= 4 is 11.8 Å². The van der Waals surface area contributed by atoms with E-state index in [0.717, 1.165) is 13.0 Å². The quantitative estimate of drug-likeness (QED) is 0.473. The van der Waals surface area contributed by atoms with Gasteiger partial charge in [0.1, 0.15) is 6.04 Å². The normalized spacial score (nSPS) is 17.3. The summed E-state index contributed by atoms with van der Waals surface area (Å²) in [6.45, 7) is 3.00. The van der Waals surface area contributed by atoms with Crippen LogP contribution in [0.15, 0.2) is 0 Å². The maximum absolute atomic E-state index is 11.8. The van der Waals surface area contributed by atoms with Gasteiger partial charge in [0.2, 0.25) is 11.8 Å². The van der Waals surface area contributed by atoms with Crippen molar-refractivity contribution in [3.8, 4) is 0 Å². The van der Waals surface area contributed by atoms with Gasteiger partial charge in [-0.3, -0.25) is 9.59 Å². The maximum Gasteiger partial charge on any atom is 0.242 e. The SMILES string of the molecule is CCCCCCCCCCCCCCNC(=O)C1CCC(=O)N1. The van der Waals surface area contributed by atoms with Gasteiger partial charge in [-0.1, -0.05) is 77.6 Å². The number of nitrogens with one attached hydrogen (secondary N) is 2. The fourth-order valence-electron chi connectivity index (χ4n) is 3.11. The Morgan fingerprint density at radius 3 is 1.96 bits per heavy atom. The zero-order valence-corrected chi connectivity index (χ0v) is 15.0. The number of carbonyl (C=O) groups excluding carboxylic acids is 2. The lowest BCUT2D eigenvalue weighted by Crippen LogP contribution is -2.41. The lowest BCUT2D eigenvalue weighted by molar-refractivity contribution is -0.125. The molecule has 0 radical (unpaired) electrons. The molecule has 0 aromatic rings.